The molecular weight excluding hydrogens is 311 g/mol. The number of benzene rings is 1. The number of halogens is 1. The molecule has 0 radical (unpaired) electrons. The Hall–Kier alpha value is -2.42. The van der Waals surface area contributed by atoms with Gasteiger partial charge in [-0.3, -0.25) is 14.4 Å². The Morgan fingerprint density at radius 1 is 1.41 bits per heavy atom. The van der Waals surface area contributed by atoms with Gasteiger partial charge in [-0.1, -0.05) is 23.9 Å². The third kappa shape index (κ3) is 4.29. The van der Waals surface area contributed by atoms with Crippen molar-refractivity contribution in [1.82, 2.24) is 10.7 Å². The highest BCUT2D eigenvalue weighted by molar-refractivity contribution is 8.15. The van der Waals surface area contributed by atoms with E-state index < -0.39 is 22.9 Å². The van der Waals surface area contributed by atoms with E-state index in [1.807, 2.05) is 0 Å². The predicted octanol–water partition coefficient (Wildman–Crippen LogP) is 0.793. The highest BCUT2D eigenvalue weighted by Crippen LogP contribution is 2.23. The van der Waals surface area contributed by atoms with Gasteiger partial charge in [0.15, 0.2) is 5.17 Å². The Morgan fingerprint density at radius 3 is 2.82 bits per heavy atom. The Kier molecular flexibility index (Phi) is 5.10. The number of amides is 3. The lowest BCUT2D eigenvalue weighted by atomic mass is 10.2. The molecule has 0 aromatic heterocycles. The summed E-state index contributed by atoms with van der Waals surface area (Å²) in [4.78, 5) is 34.3. The van der Waals surface area contributed by atoms with Crippen molar-refractivity contribution < 1.29 is 18.8 Å². The smallest absolute Gasteiger partial charge is 0.240 e. The molecule has 0 aliphatic carbocycles. The molecule has 1 saturated heterocycles. The molecule has 3 N–H and O–H groups in total. The SMILES string of the molecule is CC(=O)N/N=C1\NC(=O)[C@@H](CC(=O)Nc2ccccc2F)S1. The van der Waals surface area contributed by atoms with E-state index in [-0.39, 0.29) is 23.2 Å². The van der Waals surface area contributed by atoms with E-state index in [1.165, 1.54) is 25.1 Å². The van der Waals surface area contributed by atoms with Gasteiger partial charge in [0, 0.05) is 13.3 Å². The zero-order valence-corrected chi connectivity index (χ0v) is 12.4. The van der Waals surface area contributed by atoms with Gasteiger partial charge in [-0.2, -0.15) is 0 Å². The van der Waals surface area contributed by atoms with E-state index in [9.17, 15) is 18.8 Å². The average molecular weight is 324 g/mol. The van der Waals surface area contributed by atoms with Crippen molar-refractivity contribution in [2.75, 3.05) is 5.32 Å². The minimum atomic E-state index is -0.681. The summed E-state index contributed by atoms with van der Waals surface area (Å²) < 4.78 is 13.4. The van der Waals surface area contributed by atoms with Gasteiger partial charge in [0.05, 0.1) is 5.69 Å². The van der Waals surface area contributed by atoms with Gasteiger partial charge >= 0.3 is 0 Å². The van der Waals surface area contributed by atoms with E-state index in [2.05, 4.69) is 21.2 Å². The summed E-state index contributed by atoms with van der Waals surface area (Å²) in [6.07, 6.45) is -0.135. The second-order valence-electron chi connectivity index (χ2n) is 4.41. The fraction of sp³-hybridized carbons (Fsp3) is 0.231. The van der Waals surface area contributed by atoms with Gasteiger partial charge in [-0.25, -0.2) is 9.82 Å². The molecule has 116 valence electrons. The number of para-hydroxylation sites is 1. The third-order valence-corrected chi connectivity index (χ3v) is 3.69. The first kappa shape index (κ1) is 16.0. The molecule has 0 unspecified atom stereocenters. The molecule has 0 bridgehead atoms. The van der Waals surface area contributed by atoms with Crippen molar-refractivity contribution in [3.05, 3.63) is 30.1 Å². The summed E-state index contributed by atoms with van der Waals surface area (Å²) in [5, 5.41) is 8.07. The van der Waals surface area contributed by atoms with Gasteiger partial charge in [-0.15, -0.1) is 5.10 Å². The van der Waals surface area contributed by atoms with E-state index in [1.54, 1.807) is 6.07 Å². The molecular formula is C13H13FN4O3S. The lowest BCUT2D eigenvalue weighted by Gasteiger charge is -2.07. The maximum absolute atomic E-state index is 13.4. The second kappa shape index (κ2) is 7.03. The van der Waals surface area contributed by atoms with Crippen LogP contribution in [0, 0.1) is 5.82 Å². The van der Waals surface area contributed by atoms with Crippen molar-refractivity contribution in [3.8, 4) is 0 Å². The number of anilines is 1. The highest BCUT2D eigenvalue weighted by Gasteiger charge is 2.32. The molecule has 1 atom stereocenters. The van der Waals surface area contributed by atoms with Gasteiger partial charge in [0.25, 0.3) is 0 Å². The number of nitrogens with zero attached hydrogens (tertiary/aromatic N) is 1. The lowest BCUT2D eigenvalue weighted by molar-refractivity contribution is -0.122. The zero-order chi connectivity index (χ0) is 16.1. The number of nitrogens with one attached hydrogen (secondary N) is 3. The monoisotopic (exact) mass is 324 g/mol. The molecule has 1 heterocycles. The third-order valence-electron chi connectivity index (χ3n) is 2.61. The molecule has 1 fully saturated rings. The standard InChI is InChI=1S/C13H13FN4O3S/c1-7(19)17-18-13-16-12(21)10(22-13)6-11(20)15-9-5-3-2-4-8(9)14/h2-5,10H,6H2,1H3,(H,15,20)(H,17,19)(H,16,18,21)/t10-/m1/s1. The number of carbonyl (C=O) groups excluding carboxylic acids is 3. The molecule has 22 heavy (non-hydrogen) atoms. The number of amidine groups is 1. The predicted molar refractivity (Wildman–Crippen MR) is 80.4 cm³/mol. The van der Waals surface area contributed by atoms with Crippen LogP contribution >= 0.6 is 11.8 Å². The Labute approximate surface area is 129 Å². The van der Waals surface area contributed by atoms with Crippen LogP contribution in [-0.4, -0.2) is 28.1 Å². The fourth-order valence-corrected chi connectivity index (χ4v) is 2.58. The summed E-state index contributed by atoms with van der Waals surface area (Å²) in [6, 6.07) is 5.76. The minimum absolute atomic E-state index is 0.0584. The van der Waals surface area contributed by atoms with Crippen LogP contribution in [-0.2, 0) is 14.4 Å². The average Bonchev–Trinajstić information content (AvgIpc) is 2.79. The van der Waals surface area contributed by atoms with Crippen molar-refractivity contribution in [2.24, 2.45) is 5.10 Å². The molecule has 1 aliphatic heterocycles. The quantitative estimate of drug-likeness (QED) is 0.713. The molecule has 7 nitrogen and oxygen atoms in total. The van der Waals surface area contributed by atoms with Crippen LogP contribution in [0.3, 0.4) is 0 Å². The van der Waals surface area contributed by atoms with Crippen LogP contribution in [0.5, 0.6) is 0 Å². The zero-order valence-electron chi connectivity index (χ0n) is 11.6. The summed E-state index contributed by atoms with van der Waals surface area (Å²) in [6.45, 7) is 1.28. The molecule has 1 aromatic rings. The van der Waals surface area contributed by atoms with Gasteiger partial charge in [0.1, 0.15) is 11.1 Å². The molecule has 9 heteroatoms. The second-order valence-corrected chi connectivity index (χ2v) is 5.60. The molecule has 0 saturated carbocycles. The molecule has 1 aliphatic rings. The van der Waals surface area contributed by atoms with Crippen LogP contribution in [0.4, 0.5) is 10.1 Å². The van der Waals surface area contributed by atoms with Crippen molar-refractivity contribution in [3.63, 3.8) is 0 Å². The van der Waals surface area contributed by atoms with Crippen LogP contribution in [0.2, 0.25) is 0 Å². The molecule has 1 aromatic carbocycles. The van der Waals surface area contributed by atoms with Crippen LogP contribution in [0.25, 0.3) is 0 Å². The summed E-state index contributed by atoms with van der Waals surface area (Å²) in [5.41, 5.74) is 2.25. The van der Waals surface area contributed by atoms with Crippen molar-refractivity contribution >= 4 is 40.3 Å². The largest absolute Gasteiger partial charge is 0.324 e. The summed E-state index contributed by atoms with van der Waals surface area (Å²) in [7, 11) is 0. The number of hydrogen-bond acceptors (Lipinski definition) is 5. The van der Waals surface area contributed by atoms with E-state index in [0.717, 1.165) is 11.8 Å². The molecule has 3 amide bonds. The Bertz CT molecular complexity index is 650. The minimum Gasteiger partial charge on any atom is -0.324 e. The van der Waals surface area contributed by atoms with E-state index in [0.29, 0.717) is 0 Å². The van der Waals surface area contributed by atoms with Gasteiger partial charge in [-0.05, 0) is 12.1 Å². The first-order chi connectivity index (χ1) is 10.5. The fourth-order valence-electron chi connectivity index (χ4n) is 1.65. The van der Waals surface area contributed by atoms with Gasteiger partial charge < -0.3 is 10.6 Å². The normalized spacial score (nSPS) is 18.9. The van der Waals surface area contributed by atoms with E-state index >= 15 is 0 Å². The lowest BCUT2D eigenvalue weighted by Crippen LogP contribution is -2.29. The number of hydrogen-bond donors (Lipinski definition) is 3. The topological polar surface area (TPSA) is 99.7 Å². The Morgan fingerprint density at radius 2 is 2.14 bits per heavy atom. The number of carbonyl (C=O) groups is 3. The van der Waals surface area contributed by atoms with Gasteiger partial charge in [0.2, 0.25) is 17.7 Å². The van der Waals surface area contributed by atoms with Crippen molar-refractivity contribution in [1.29, 1.82) is 0 Å². The maximum Gasteiger partial charge on any atom is 0.240 e. The first-order valence-corrected chi connectivity index (χ1v) is 7.20. The molecule has 2 rings (SSSR count). The van der Waals surface area contributed by atoms with E-state index in [4.69, 9.17) is 0 Å². The first-order valence-electron chi connectivity index (χ1n) is 6.32. The van der Waals surface area contributed by atoms with Crippen LogP contribution in [0.15, 0.2) is 29.4 Å². The maximum atomic E-state index is 13.4. The number of thioether (sulfide) groups is 1. The van der Waals surface area contributed by atoms with Crippen molar-refractivity contribution in [2.45, 2.75) is 18.6 Å². The van der Waals surface area contributed by atoms with Crippen LogP contribution < -0.4 is 16.1 Å². The number of rotatable bonds is 4. The Balaban J connectivity index is 1.92. The van der Waals surface area contributed by atoms with Crippen LogP contribution in [0.1, 0.15) is 13.3 Å². The highest BCUT2D eigenvalue weighted by atomic mass is 32.2. The summed E-state index contributed by atoms with van der Waals surface area (Å²) >= 11 is 1.02. The summed E-state index contributed by atoms with van der Waals surface area (Å²) in [5.74, 6) is -1.80. The molecule has 0 spiro atoms. The number of hydrazone groups is 1.